The Kier molecular flexibility index (Phi) is 8.52. The number of carboxylic acids is 1. The summed E-state index contributed by atoms with van der Waals surface area (Å²) in [5, 5.41) is 16.7. The van der Waals surface area contributed by atoms with Gasteiger partial charge in [-0.2, -0.15) is 0 Å². The number of carboxylic acid groups (broad SMARTS) is 1. The number of pyridine rings is 1. The van der Waals surface area contributed by atoms with Gasteiger partial charge in [0.05, 0.1) is 42.3 Å². The predicted octanol–water partition coefficient (Wildman–Crippen LogP) is 5.25. The van der Waals surface area contributed by atoms with Crippen molar-refractivity contribution in [2.24, 2.45) is 0 Å². The van der Waals surface area contributed by atoms with Crippen LogP contribution in [0.2, 0.25) is 0 Å². The highest BCUT2D eigenvalue weighted by molar-refractivity contribution is 6.10. The number of fused-ring (bicyclic) bond motifs is 1. The van der Waals surface area contributed by atoms with Gasteiger partial charge in [-0.25, -0.2) is 14.4 Å². The van der Waals surface area contributed by atoms with Gasteiger partial charge in [-0.3, -0.25) is 9.88 Å². The highest BCUT2D eigenvalue weighted by atomic mass is 16.5. The number of anilines is 2. The number of carbonyl (C=O) groups is 3. The number of hydrogen-bond donors (Lipinski definition) is 3. The molecule has 1 saturated heterocycles. The van der Waals surface area contributed by atoms with E-state index in [0.717, 1.165) is 60.4 Å². The van der Waals surface area contributed by atoms with Crippen molar-refractivity contribution in [2.75, 3.05) is 43.5 Å². The first-order chi connectivity index (χ1) is 19.9. The molecule has 1 aromatic heterocycles. The van der Waals surface area contributed by atoms with Crippen LogP contribution in [0, 0.1) is 0 Å². The molecule has 1 aliphatic heterocycles. The Balaban J connectivity index is 1.35. The summed E-state index contributed by atoms with van der Waals surface area (Å²) in [5.74, 6) is -1.91. The number of urea groups is 1. The van der Waals surface area contributed by atoms with Gasteiger partial charge in [-0.15, -0.1) is 0 Å². The van der Waals surface area contributed by atoms with Gasteiger partial charge in [-0.1, -0.05) is 36.4 Å². The van der Waals surface area contributed by atoms with Crippen molar-refractivity contribution in [3.63, 3.8) is 0 Å². The number of benzene rings is 3. The minimum Gasteiger partial charge on any atom is -0.478 e. The Morgan fingerprint density at radius 1 is 0.951 bits per heavy atom. The summed E-state index contributed by atoms with van der Waals surface area (Å²) in [5.41, 5.74) is 3.53. The van der Waals surface area contributed by atoms with E-state index in [9.17, 15) is 19.5 Å². The molecule has 0 bridgehead atoms. The number of rotatable bonds is 8. The second kappa shape index (κ2) is 12.6. The third-order valence-electron chi connectivity index (χ3n) is 6.75. The Morgan fingerprint density at radius 2 is 1.71 bits per heavy atom. The van der Waals surface area contributed by atoms with Gasteiger partial charge in [-0.05, 0) is 48.2 Å². The number of hydrogen-bond acceptors (Lipinski definition) is 7. The Morgan fingerprint density at radius 3 is 2.41 bits per heavy atom. The summed E-state index contributed by atoms with van der Waals surface area (Å²) in [7, 11) is 0. The number of ether oxygens (including phenoxy) is 2. The zero-order valence-corrected chi connectivity index (χ0v) is 22.6. The lowest BCUT2D eigenvalue weighted by Crippen LogP contribution is -2.35. The predicted molar refractivity (Wildman–Crippen MR) is 155 cm³/mol. The van der Waals surface area contributed by atoms with Crippen molar-refractivity contribution >= 4 is 40.1 Å². The van der Waals surface area contributed by atoms with Gasteiger partial charge in [0, 0.05) is 42.5 Å². The van der Waals surface area contributed by atoms with Crippen LogP contribution in [0.1, 0.15) is 33.3 Å². The molecule has 41 heavy (non-hydrogen) atoms. The van der Waals surface area contributed by atoms with Crippen LogP contribution in [0.25, 0.3) is 21.9 Å². The number of aromatic carboxylic acids is 1. The molecule has 0 saturated carbocycles. The van der Waals surface area contributed by atoms with Crippen LogP contribution < -0.4 is 10.6 Å². The van der Waals surface area contributed by atoms with E-state index in [1.807, 2.05) is 48.7 Å². The van der Waals surface area contributed by atoms with Crippen LogP contribution >= 0.6 is 0 Å². The summed E-state index contributed by atoms with van der Waals surface area (Å²) < 4.78 is 10.4. The topological polar surface area (TPSA) is 130 Å². The first-order valence-corrected chi connectivity index (χ1v) is 13.3. The molecule has 2 amide bonds. The van der Waals surface area contributed by atoms with E-state index < -0.39 is 18.0 Å². The van der Waals surface area contributed by atoms with E-state index in [0.29, 0.717) is 5.69 Å². The van der Waals surface area contributed by atoms with Gasteiger partial charge >= 0.3 is 18.0 Å². The molecule has 0 radical (unpaired) electrons. The highest BCUT2D eigenvalue weighted by Gasteiger charge is 2.16. The molecule has 0 atom stereocenters. The lowest BCUT2D eigenvalue weighted by atomic mass is 9.98. The van der Waals surface area contributed by atoms with Crippen LogP contribution in [0.15, 0.2) is 72.9 Å². The fourth-order valence-electron chi connectivity index (χ4n) is 4.77. The second-order valence-corrected chi connectivity index (χ2v) is 9.54. The first kappa shape index (κ1) is 27.8. The molecule has 2 heterocycles. The number of nitrogens with zero attached hydrogens (tertiary/aromatic N) is 2. The number of aromatic nitrogens is 1. The van der Waals surface area contributed by atoms with E-state index in [-0.39, 0.29) is 23.4 Å². The number of amides is 2. The molecular formula is C31H30N4O6. The molecule has 3 N–H and O–H groups in total. The van der Waals surface area contributed by atoms with Crippen LogP contribution in [0.5, 0.6) is 0 Å². The van der Waals surface area contributed by atoms with Gasteiger partial charge in [0.2, 0.25) is 0 Å². The van der Waals surface area contributed by atoms with Gasteiger partial charge in [0.1, 0.15) is 0 Å². The Bertz CT molecular complexity index is 1580. The molecular weight excluding hydrogens is 524 g/mol. The minimum atomic E-state index is -1.23. The number of morpholine rings is 1. The molecule has 3 aromatic carbocycles. The zero-order valence-electron chi connectivity index (χ0n) is 22.6. The maximum atomic E-state index is 13.0. The van der Waals surface area contributed by atoms with E-state index in [1.165, 1.54) is 18.2 Å². The second-order valence-electron chi connectivity index (χ2n) is 9.54. The lowest BCUT2D eigenvalue weighted by molar-refractivity contribution is 0.0336. The molecule has 1 fully saturated rings. The van der Waals surface area contributed by atoms with Crippen LogP contribution in [0.4, 0.5) is 16.2 Å². The molecule has 210 valence electrons. The molecule has 10 nitrogen and oxygen atoms in total. The fraction of sp³-hybridized carbons (Fsp3) is 0.226. The molecule has 1 aliphatic rings. The smallest absolute Gasteiger partial charge is 0.338 e. The summed E-state index contributed by atoms with van der Waals surface area (Å²) >= 11 is 0. The van der Waals surface area contributed by atoms with Crippen molar-refractivity contribution < 1.29 is 29.0 Å². The standard InChI is InChI=1S/C31H30N4O6/c1-2-41-30(38)22-15-21(29(36)37)16-24(17-22)33-31(39)34-28-10-9-25(26-5-3-4-6-27(26)28)20-7-8-23(32-18-20)19-35-11-13-40-14-12-35/h3-10,15-18H,2,11-14,19H2,1H3,(H,36,37)(H2,33,34,39). The summed E-state index contributed by atoms with van der Waals surface area (Å²) in [4.78, 5) is 43.7. The lowest BCUT2D eigenvalue weighted by Gasteiger charge is -2.26. The first-order valence-electron chi connectivity index (χ1n) is 13.3. The van der Waals surface area contributed by atoms with Gasteiger partial charge < -0.3 is 25.2 Å². The largest absolute Gasteiger partial charge is 0.478 e. The average molecular weight is 555 g/mol. The van der Waals surface area contributed by atoms with Crippen LogP contribution in [-0.2, 0) is 16.0 Å². The van der Waals surface area contributed by atoms with E-state index >= 15 is 0 Å². The quantitative estimate of drug-likeness (QED) is 0.252. The molecule has 5 rings (SSSR count). The van der Waals surface area contributed by atoms with Crippen molar-refractivity contribution in [3.05, 3.63) is 89.7 Å². The van der Waals surface area contributed by atoms with Crippen molar-refractivity contribution in [1.29, 1.82) is 0 Å². The monoisotopic (exact) mass is 554 g/mol. The fourth-order valence-corrected chi connectivity index (χ4v) is 4.77. The van der Waals surface area contributed by atoms with E-state index in [2.05, 4.69) is 26.6 Å². The zero-order chi connectivity index (χ0) is 28.8. The van der Waals surface area contributed by atoms with E-state index in [1.54, 1.807) is 6.92 Å². The Hall–Kier alpha value is -4.80. The molecule has 10 heteroatoms. The van der Waals surface area contributed by atoms with Gasteiger partial charge in [0.25, 0.3) is 0 Å². The molecule has 4 aromatic rings. The van der Waals surface area contributed by atoms with E-state index in [4.69, 9.17) is 9.47 Å². The van der Waals surface area contributed by atoms with Crippen LogP contribution in [-0.4, -0.2) is 65.9 Å². The molecule has 0 unspecified atom stereocenters. The van der Waals surface area contributed by atoms with Crippen LogP contribution in [0.3, 0.4) is 0 Å². The van der Waals surface area contributed by atoms with Crippen molar-refractivity contribution in [2.45, 2.75) is 13.5 Å². The highest BCUT2D eigenvalue weighted by Crippen LogP contribution is 2.33. The average Bonchev–Trinajstić information content (AvgIpc) is 2.98. The maximum Gasteiger partial charge on any atom is 0.338 e. The Labute approximate surface area is 236 Å². The minimum absolute atomic E-state index is 0.0291. The maximum absolute atomic E-state index is 13.0. The van der Waals surface area contributed by atoms with Gasteiger partial charge in [0.15, 0.2) is 0 Å². The normalized spacial score (nSPS) is 13.5. The summed E-state index contributed by atoms with van der Waals surface area (Å²) in [6.45, 7) is 5.84. The third-order valence-corrected chi connectivity index (χ3v) is 6.75. The number of carbonyl (C=O) groups excluding carboxylic acids is 2. The molecule has 0 spiro atoms. The molecule has 0 aliphatic carbocycles. The van der Waals surface area contributed by atoms with Crippen molar-refractivity contribution in [1.82, 2.24) is 9.88 Å². The van der Waals surface area contributed by atoms with Crippen molar-refractivity contribution in [3.8, 4) is 11.1 Å². The summed E-state index contributed by atoms with van der Waals surface area (Å²) in [6.07, 6.45) is 1.87. The number of nitrogens with one attached hydrogen (secondary N) is 2. The summed E-state index contributed by atoms with van der Waals surface area (Å²) in [6, 6.07) is 18.8. The number of esters is 1. The third kappa shape index (κ3) is 6.68. The SMILES string of the molecule is CCOC(=O)c1cc(NC(=O)Nc2ccc(-c3ccc(CN4CCOCC4)nc3)c3ccccc23)cc(C(=O)O)c1.